The fraction of sp³-hybridized carbons (Fsp3) is 0. The van der Waals surface area contributed by atoms with Gasteiger partial charge in [0.15, 0.2) is 11.5 Å². The SMILES string of the molecule is O=C(NNc1ncnc2nc[nH]c12)c1cccs1. The van der Waals surface area contributed by atoms with E-state index in [2.05, 4.69) is 30.8 Å². The average molecular weight is 260 g/mol. The van der Waals surface area contributed by atoms with Crippen LogP contribution in [-0.4, -0.2) is 25.8 Å². The smallest absolute Gasteiger partial charge is 0.279 e. The summed E-state index contributed by atoms with van der Waals surface area (Å²) in [5, 5.41) is 1.84. The maximum atomic E-state index is 11.7. The van der Waals surface area contributed by atoms with Crippen LogP contribution >= 0.6 is 11.3 Å². The van der Waals surface area contributed by atoms with Crippen LogP contribution in [0.15, 0.2) is 30.2 Å². The van der Waals surface area contributed by atoms with Crippen LogP contribution in [-0.2, 0) is 0 Å². The molecule has 0 bridgehead atoms. The quantitative estimate of drug-likeness (QED) is 0.614. The van der Waals surface area contributed by atoms with Crippen LogP contribution in [0.5, 0.6) is 0 Å². The van der Waals surface area contributed by atoms with Gasteiger partial charge in [-0.05, 0) is 11.4 Å². The third-order valence-electron chi connectivity index (χ3n) is 2.26. The molecule has 0 radical (unpaired) electrons. The maximum Gasteiger partial charge on any atom is 0.279 e. The van der Waals surface area contributed by atoms with Crippen LogP contribution in [0.4, 0.5) is 5.82 Å². The highest BCUT2D eigenvalue weighted by molar-refractivity contribution is 7.12. The molecule has 1 amide bonds. The number of carbonyl (C=O) groups is 1. The van der Waals surface area contributed by atoms with Gasteiger partial charge < -0.3 is 4.98 Å². The third-order valence-corrected chi connectivity index (χ3v) is 3.13. The molecule has 7 nitrogen and oxygen atoms in total. The summed E-state index contributed by atoms with van der Waals surface area (Å²) < 4.78 is 0. The van der Waals surface area contributed by atoms with Crippen molar-refractivity contribution in [3.63, 3.8) is 0 Å². The Kier molecular flexibility index (Phi) is 2.61. The zero-order valence-corrected chi connectivity index (χ0v) is 9.86. The second-order valence-corrected chi connectivity index (χ2v) is 4.33. The van der Waals surface area contributed by atoms with Gasteiger partial charge in [-0.2, -0.15) is 0 Å². The van der Waals surface area contributed by atoms with Gasteiger partial charge in [0.1, 0.15) is 11.8 Å². The van der Waals surface area contributed by atoms with Gasteiger partial charge >= 0.3 is 0 Å². The molecule has 3 aromatic heterocycles. The Hall–Kier alpha value is -2.48. The number of rotatable bonds is 3. The van der Waals surface area contributed by atoms with E-state index in [0.29, 0.717) is 21.9 Å². The molecule has 0 aliphatic heterocycles. The summed E-state index contributed by atoms with van der Waals surface area (Å²) in [7, 11) is 0. The first-order valence-corrected chi connectivity index (χ1v) is 5.96. The van der Waals surface area contributed by atoms with Gasteiger partial charge in [-0.15, -0.1) is 11.3 Å². The van der Waals surface area contributed by atoms with Crippen LogP contribution < -0.4 is 10.9 Å². The van der Waals surface area contributed by atoms with E-state index in [-0.39, 0.29) is 5.91 Å². The summed E-state index contributed by atoms with van der Waals surface area (Å²) in [5.41, 5.74) is 6.50. The van der Waals surface area contributed by atoms with Gasteiger partial charge in [0.2, 0.25) is 0 Å². The average Bonchev–Trinajstić information content (AvgIpc) is 3.05. The zero-order chi connectivity index (χ0) is 12.4. The topological polar surface area (TPSA) is 95.6 Å². The van der Waals surface area contributed by atoms with Crippen molar-refractivity contribution in [1.82, 2.24) is 25.4 Å². The molecule has 3 rings (SSSR count). The van der Waals surface area contributed by atoms with E-state index in [9.17, 15) is 4.79 Å². The number of anilines is 1. The van der Waals surface area contributed by atoms with Gasteiger partial charge in [0, 0.05) is 0 Å². The molecule has 3 heterocycles. The number of aromatic amines is 1. The molecular formula is C10H8N6OS. The van der Waals surface area contributed by atoms with Crippen LogP contribution in [0.3, 0.4) is 0 Å². The third kappa shape index (κ3) is 1.89. The van der Waals surface area contributed by atoms with E-state index in [1.54, 1.807) is 6.07 Å². The highest BCUT2D eigenvalue weighted by Gasteiger charge is 2.08. The lowest BCUT2D eigenvalue weighted by molar-refractivity contribution is 0.0966. The number of hydrazine groups is 1. The minimum absolute atomic E-state index is 0.212. The molecule has 0 spiro atoms. The molecule has 0 aliphatic carbocycles. The Bertz CT molecular complexity index is 677. The van der Waals surface area contributed by atoms with E-state index in [4.69, 9.17) is 0 Å². The monoisotopic (exact) mass is 260 g/mol. The van der Waals surface area contributed by atoms with Gasteiger partial charge in [-0.1, -0.05) is 6.07 Å². The molecule has 0 aliphatic rings. The maximum absolute atomic E-state index is 11.7. The Morgan fingerprint density at radius 1 is 1.33 bits per heavy atom. The summed E-state index contributed by atoms with van der Waals surface area (Å²) in [6.07, 6.45) is 2.90. The molecule has 3 N–H and O–H groups in total. The first kappa shape index (κ1) is 10.7. The number of amides is 1. The Morgan fingerprint density at radius 3 is 3.11 bits per heavy atom. The van der Waals surface area contributed by atoms with E-state index < -0.39 is 0 Å². The fourth-order valence-electron chi connectivity index (χ4n) is 1.45. The van der Waals surface area contributed by atoms with Crippen molar-refractivity contribution < 1.29 is 4.79 Å². The van der Waals surface area contributed by atoms with Gasteiger partial charge in [-0.3, -0.25) is 15.6 Å². The van der Waals surface area contributed by atoms with Crippen molar-refractivity contribution in [1.29, 1.82) is 0 Å². The van der Waals surface area contributed by atoms with Crippen LogP contribution in [0.25, 0.3) is 11.2 Å². The lowest BCUT2D eigenvalue weighted by atomic mass is 10.4. The molecule has 3 aromatic rings. The number of nitrogens with one attached hydrogen (secondary N) is 3. The highest BCUT2D eigenvalue weighted by atomic mass is 32.1. The molecule has 0 unspecified atom stereocenters. The normalized spacial score (nSPS) is 10.4. The number of carbonyl (C=O) groups excluding carboxylic acids is 1. The molecule has 0 aromatic carbocycles. The molecule has 0 atom stereocenters. The number of thiophene rings is 1. The Labute approximate surface area is 105 Å². The van der Waals surface area contributed by atoms with E-state index >= 15 is 0 Å². The van der Waals surface area contributed by atoms with Crippen LogP contribution in [0, 0.1) is 0 Å². The first-order valence-electron chi connectivity index (χ1n) is 5.08. The number of aromatic nitrogens is 4. The minimum atomic E-state index is -0.212. The molecule has 90 valence electrons. The van der Waals surface area contributed by atoms with E-state index in [1.165, 1.54) is 24.0 Å². The summed E-state index contributed by atoms with van der Waals surface area (Å²) >= 11 is 1.37. The highest BCUT2D eigenvalue weighted by Crippen LogP contribution is 2.13. The lowest BCUT2D eigenvalue weighted by Crippen LogP contribution is -2.29. The van der Waals surface area contributed by atoms with E-state index in [0.717, 1.165) is 0 Å². The number of hydrogen-bond donors (Lipinski definition) is 3. The van der Waals surface area contributed by atoms with Crippen molar-refractivity contribution in [3.8, 4) is 0 Å². The molecular weight excluding hydrogens is 252 g/mol. The second-order valence-electron chi connectivity index (χ2n) is 3.38. The number of nitrogens with zero attached hydrogens (tertiary/aromatic N) is 3. The van der Waals surface area contributed by atoms with Crippen molar-refractivity contribution in [2.75, 3.05) is 5.43 Å². The molecule has 0 saturated carbocycles. The molecule has 8 heteroatoms. The van der Waals surface area contributed by atoms with E-state index in [1.807, 2.05) is 11.4 Å². The van der Waals surface area contributed by atoms with Crippen molar-refractivity contribution >= 4 is 34.2 Å². The largest absolute Gasteiger partial charge is 0.340 e. The molecule has 0 fully saturated rings. The summed E-state index contributed by atoms with van der Waals surface area (Å²) in [6.45, 7) is 0. The predicted octanol–water partition coefficient (Wildman–Crippen LogP) is 1.17. The fourth-order valence-corrected chi connectivity index (χ4v) is 2.06. The van der Waals surface area contributed by atoms with Crippen molar-refractivity contribution in [3.05, 3.63) is 35.0 Å². The van der Waals surface area contributed by atoms with Crippen LogP contribution in [0.2, 0.25) is 0 Å². The van der Waals surface area contributed by atoms with Gasteiger partial charge in [-0.25, -0.2) is 15.0 Å². The number of imidazole rings is 1. The lowest BCUT2D eigenvalue weighted by Gasteiger charge is -2.06. The predicted molar refractivity (Wildman–Crippen MR) is 67.1 cm³/mol. The number of fused-ring (bicyclic) bond motifs is 1. The number of hydrogen-bond acceptors (Lipinski definition) is 6. The van der Waals surface area contributed by atoms with Gasteiger partial charge in [0.25, 0.3) is 5.91 Å². The number of H-pyrrole nitrogens is 1. The molecule has 18 heavy (non-hydrogen) atoms. The van der Waals surface area contributed by atoms with Gasteiger partial charge in [0.05, 0.1) is 11.2 Å². The van der Waals surface area contributed by atoms with Crippen molar-refractivity contribution in [2.24, 2.45) is 0 Å². The van der Waals surface area contributed by atoms with Crippen molar-refractivity contribution in [2.45, 2.75) is 0 Å². The zero-order valence-electron chi connectivity index (χ0n) is 9.04. The summed E-state index contributed by atoms with van der Waals surface area (Å²) in [4.78, 5) is 27.2. The Balaban J connectivity index is 1.77. The minimum Gasteiger partial charge on any atom is -0.340 e. The summed E-state index contributed by atoms with van der Waals surface area (Å²) in [5.74, 6) is 0.263. The second kappa shape index (κ2) is 4.41. The van der Waals surface area contributed by atoms with Crippen LogP contribution in [0.1, 0.15) is 9.67 Å². The standard InChI is InChI=1S/C10H8N6OS/c17-10(6-2-1-3-18-6)16-15-9-7-8(12-4-11-7)13-5-14-9/h1-5H,(H,16,17)(H2,11,12,13,14,15). The first-order chi connectivity index (χ1) is 8.84. The Morgan fingerprint density at radius 2 is 2.28 bits per heavy atom. The summed E-state index contributed by atoms with van der Waals surface area (Å²) in [6, 6.07) is 3.56. The molecule has 0 saturated heterocycles.